The highest BCUT2D eigenvalue weighted by molar-refractivity contribution is 6.42. The summed E-state index contributed by atoms with van der Waals surface area (Å²) in [6.07, 6.45) is 6.06. The number of para-hydroxylation sites is 1. The van der Waals surface area contributed by atoms with Gasteiger partial charge in [-0.3, -0.25) is 9.59 Å². The fourth-order valence-corrected chi connectivity index (χ4v) is 5.57. The van der Waals surface area contributed by atoms with Gasteiger partial charge in [0.15, 0.2) is 6.61 Å². The number of hydrogen-bond acceptors (Lipinski definition) is 6. The average Bonchev–Trinajstić information content (AvgIpc) is 2.94. The topological polar surface area (TPSA) is 103 Å². The lowest BCUT2D eigenvalue weighted by molar-refractivity contribution is -0.134. The standard InChI is InChI=1S/C29H38Cl2N4O4/c30-23-10-9-20(17-24(23)31)11-13-32-14-12-28(38)35(21-5-2-1-3-6-21)16-15-33-18-26(36)22-7-4-8-25-29(22)39-19-27(37)34-25/h4,7-10,17,21,26,32-33,36H,1-3,5-6,11-16,18-19H2,(H,34,37)/t26-/m1/s1. The maximum absolute atomic E-state index is 13.2. The Bertz CT molecular complexity index is 1130. The molecule has 39 heavy (non-hydrogen) atoms. The minimum absolute atomic E-state index is 0.0625. The Morgan fingerprint density at radius 1 is 1.08 bits per heavy atom. The minimum atomic E-state index is -0.798. The summed E-state index contributed by atoms with van der Waals surface area (Å²) in [7, 11) is 0. The van der Waals surface area contributed by atoms with E-state index in [2.05, 4.69) is 16.0 Å². The molecule has 2 aromatic carbocycles. The number of nitrogens with one attached hydrogen (secondary N) is 3. The van der Waals surface area contributed by atoms with Crippen molar-refractivity contribution in [2.45, 2.75) is 57.1 Å². The van der Waals surface area contributed by atoms with E-state index >= 15 is 0 Å². The number of nitrogens with zero attached hydrogens (tertiary/aromatic N) is 1. The molecule has 0 unspecified atom stereocenters. The molecule has 0 bridgehead atoms. The average molecular weight is 578 g/mol. The van der Waals surface area contributed by atoms with Crippen LogP contribution in [-0.4, -0.2) is 67.2 Å². The molecule has 0 aromatic heterocycles. The van der Waals surface area contributed by atoms with E-state index in [9.17, 15) is 14.7 Å². The van der Waals surface area contributed by atoms with Crippen molar-refractivity contribution in [1.29, 1.82) is 0 Å². The summed E-state index contributed by atoms with van der Waals surface area (Å²) in [6.45, 7) is 2.80. The second-order valence-electron chi connectivity index (χ2n) is 10.2. The van der Waals surface area contributed by atoms with Crippen LogP contribution >= 0.6 is 23.2 Å². The van der Waals surface area contributed by atoms with Crippen LogP contribution in [0.2, 0.25) is 10.0 Å². The molecule has 2 amide bonds. The van der Waals surface area contributed by atoms with E-state index in [0.717, 1.165) is 44.2 Å². The van der Waals surface area contributed by atoms with Gasteiger partial charge >= 0.3 is 0 Å². The Kier molecular flexibility index (Phi) is 11.3. The number of rotatable bonds is 13. The summed E-state index contributed by atoms with van der Waals surface area (Å²) in [4.78, 5) is 26.8. The minimum Gasteiger partial charge on any atom is -0.481 e. The smallest absolute Gasteiger partial charge is 0.262 e. The molecule has 1 aliphatic heterocycles. The number of benzene rings is 2. The SMILES string of the molecule is O=C1COc2c(cccc2[C@H](O)CNCCN(C(=O)CCNCCc2ccc(Cl)c(Cl)c2)C2CCCCC2)N1. The molecule has 1 fully saturated rings. The molecule has 4 rings (SSSR count). The molecular weight excluding hydrogens is 539 g/mol. The number of amides is 2. The van der Waals surface area contributed by atoms with Crippen molar-refractivity contribution >= 4 is 40.7 Å². The quantitative estimate of drug-likeness (QED) is 0.265. The van der Waals surface area contributed by atoms with Gasteiger partial charge in [0, 0.05) is 44.2 Å². The first-order valence-corrected chi connectivity index (χ1v) is 14.6. The zero-order valence-electron chi connectivity index (χ0n) is 22.2. The van der Waals surface area contributed by atoms with E-state index in [1.165, 1.54) is 6.42 Å². The Morgan fingerprint density at radius 2 is 1.90 bits per heavy atom. The molecule has 1 aliphatic carbocycles. The highest BCUT2D eigenvalue weighted by atomic mass is 35.5. The lowest BCUT2D eigenvalue weighted by atomic mass is 9.94. The summed E-state index contributed by atoms with van der Waals surface area (Å²) in [5.41, 5.74) is 2.31. The first kappa shape index (κ1) is 29.6. The Labute approximate surface area is 240 Å². The second-order valence-corrected chi connectivity index (χ2v) is 11.0. The molecule has 212 valence electrons. The maximum atomic E-state index is 13.2. The van der Waals surface area contributed by atoms with Gasteiger partial charge in [0.1, 0.15) is 5.75 Å². The first-order chi connectivity index (χ1) is 18.9. The van der Waals surface area contributed by atoms with Crippen molar-refractivity contribution < 1.29 is 19.4 Å². The fraction of sp³-hybridized carbons (Fsp3) is 0.517. The van der Waals surface area contributed by atoms with E-state index in [1.54, 1.807) is 24.3 Å². The summed E-state index contributed by atoms with van der Waals surface area (Å²) < 4.78 is 5.56. The zero-order chi connectivity index (χ0) is 27.6. The van der Waals surface area contributed by atoms with Crippen LogP contribution < -0.4 is 20.7 Å². The number of aliphatic hydroxyl groups excluding tert-OH is 1. The van der Waals surface area contributed by atoms with E-state index in [4.69, 9.17) is 27.9 Å². The van der Waals surface area contributed by atoms with Crippen LogP contribution in [0.4, 0.5) is 5.69 Å². The van der Waals surface area contributed by atoms with E-state index in [0.29, 0.717) is 59.6 Å². The van der Waals surface area contributed by atoms with Gasteiger partial charge in [-0.05, 0) is 49.6 Å². The summed E-state index contributed by atoms with van der Waals surface area (Å²) in [6, 6.07) is 11.3. The van der Waals surface area contributed by atoms with Crippen LogP contribution in [0.25, 0.3) is 0 Å². The van der Waals surface area contributed by atoms with Gasteiger partial charge in [0.2, 0.25) is 5.91 Å². The van der Waals surface area contributed by atoms with Crippen LogP contribution in [0.15, 0.2) is 36.4 Å². The van der Waals surface area contributed by atoms with Crippen LogP contribution in [-0.2, 0) is 16.0 Å². The summed E-state index contributed by atoms with van der Waals surface area (Å²) in [5, 5.41) is 21.3. The van der Waals surface area contributed by atoms with Crippen molar-refractivity contribution in [2.75, 3.05) is 44.6 Å². The first-order valence-electron chi connectivity index (χ1n) is 13.8. The molecular formula is C29H38Cl2N4O4. The zero-order valence-corrected chi connectivity index (χ0v) is 23.7. The van der Waals surface area contributed by atoms with Crippen LogP contribution in [0.5, 0.6) is 5.75 Å². The van der Waals surface area contributed by atoms with Crippen LogP contribution in [0.1, 0.15) is 55.8 Å². The van der Waals surface area contributed by atoms with Crippen molar-refractivity contribution in [3.05, 3.63) is 57.6 Å². The molecule has 2 aliphatic rings. The van der Waals surface area contributed by atoms with Gasteiger partial charge in [-0.15, -0.1) is 0 Å². The number of halogens is 2. The van der Waals surface area contributed by atoms with Gasteiger partial charge < -0.3 is 30.7 Å². The number of hydrogen-bond donors (Lipinski definition) is 4. The molecule has 1 atom stereocenters. The number of aliphatic hydroxyl groups is 1. The molecule has 1 saturated carbocycles. The van der Waals surface area contributed by atoms with Gasteiger partial charge in [-0.2, -0.15) is 0 Å². The predicted molar refractivity (Wildman–Crippen MR) is 155 cm³/mol. The van der Waals surface area contributed by atoms with Crippen molar-refractivity contribution in [1.82, 2.24) is 15.5 Å². The lowest BCUT2D eigenvalue weighted by Crippen LogP contribution is -2.46. The molecule has 8 nitrogen and oxygen atoms in total. The molecule has 4 N–H and O–H groups in total. The van der Waals surface area contributed by atoms with Crippen molar-refractivity contribution in [3.8, 4) is 5.75 Å². The number of ether oxygens (including phenoxy) is 1. The third kappa shape index (κ3) is 8.56. The van der Waals surface area contributed by atoms with Gasteiger partial charge in [-0.25, -0.2) is 0 Å². The highest BCUT2D eigenvalue weighted by Gasteiger charge is 2.25. The number of anilines is 1. The Balaban J connectivity index is 1.22. The molecule has 0 saturated heterocycles. The van der Waals surface area contributed by atoms with E-state index < -0.39 is 6.10 Å². The van der Waals surface area contributed by atoms with Crippen molar-refractivity contribution in [2.24, 2.45) is 0 Å². The molecule has 1 heterocycles. The monoisotopic (exact) mass is 576 g/mol. The normalized spacial score (nSPS) is 16.2. The third-order valence-electron chi connectivity index (χ3n) is 7.32. The predicted octanol–water partition coefficient (Wildman–Crippen LogP) is 4.33. The van der Waals surface area contributed by atoms with Crippen LogP contribution in [0, 0.1) is 0 Å². The maximum Gasteiger partial charge on any atom is 0.262 e. The summed E-state index contributed by atoms with van der Waals surface area (Å²) in [5.74, 6) is 0.464. The lowest BCUT2D eigenvalue weighted by Gasteiger charge is -2.35. The second kappa shape index (κ2) is 14.9. The van der Waals surface area contributed by atoms with Crippen LogP contribution in [0.3, 0.4) is 0 Å². The molecule has 2 aromatic rings. The van der Waals surface area contributed by atoms with Crippen molar-refractivity contribution in [3.63, 3.8) is 0 Å². The fourth-order valence-electron chi connectivity index (χ4n) is 5.24. The summed E-state index contributed by atoms with van der Waals surface area (Å²) >= 11 is 12.1. The van der Waals surface area contributed by atoms with E-state index in [-0.39, 0.29) is 24.5 Å². The molecule has 10 heteroatoms. The third-order valence-corrected chi connectivity index (χ3v) is 8.06. The van der Waals surface area contributed by atoms with Gasteiger partial charge in [0.05, 0.1) is 21.8 Å². The Morgan fingerprint density at radius 3 is 2.69 bits per heavy atom. The number of carbonyl (C=O) groups excluding carboxylic acids is 2. The van der Waals surface area contributed by atoms with Gasteiger partial charge in [-0.1, -0.05) is 60.7 Å². The molecule has 0 spiro atoms. The highest BCUT2D eigenvalue weighted by Crippen LogP contribution is 2.35. The number of fused-ring (bicyclic) bond motifs is 1. The number of carbonyl (C=O) groups is 2. The largest absolute Gasteiger partial charge is 0.481 e. The van der Waals surface area contributed by atoms with E-state index in [1.807, 2.05) is 17.0 Å². The van der Waals surface area contributed by atoms with Gasteiger partial charge in [0.25, 0.3) is 5.91 Å². The Hall–Kier alpha value is -2.36. The molecule has 0 radical (unpaired) electrons.